The van der Waals surface area contributed by atoms with Gasteiger partial charge in [0.1, 0.15) is 0 Å². The first-order valence-corrected chi connectivity index (χ1v) is 5.91. The molecule has 0 saturated heterocycles. The van der Waals surface area contributed by atoms with Crippen LogP contribution in [0.3, 0.4) is 0 Å². The third-order valence-electron chi connectivity index (χ3n) is 1.52. The largest absolute Gasteiger partial charge is 0.338 e. The van der Waals surface area contributed by atoms with Gasteiger partial charge in [-0.2, -0.15) is 16.7 Å². The summed E-state index contributed by atoms with van der Waals surface area (Å²) >= 11 is 1.84. The van der Waals surface area contributed by atoms with E-state index < -0.39 is 0 Å². The van der Waals surface area contributed by atoms with Crippen molar-refractivity contribution in [1.29, 1.82) is 0 Å². The van der Waals surface area contributed by atoms with Crippen molar-refractivity contribution < 1.29 is 4.52 Å². The molecule has 1 rings (SSSR count). The highest BCUT2D eigenvalue weighted by Crippen LogP contribution is 2.12. The first-order chi connectivity index (χ1) is 6.72. The number of hydrogen-bond donors (Lipinski definition) is 1. The molecule has 0 spiro atoms. The summed E-state index contributed by atoms with van der Waals surface area (Å²) < 4.78 is 5.03. The monoisotopic (exact) mass is 215 g/mol. The number of rotatable bonds is 6. The fraction of sp³-hybridized carbons (Fsp3) is 0.778. The Balaban J connectivity index is 2.28. The molecule has 0 atom stereocenters. The predicted molar refractivity (Wildman–Crippen MR) is 58.1 cm³/mol. The van der Waals surface area contributed by atoms with Gasteiger partial charge in [0, 0.05) is 0 Å². The lowest BCUT2D eigenvalue weighted by molar-refractivity contribution is 0.368. The maximum atomic E-state index is 5.03. The van der Waals surface area contributed by atoms with Crippen LogP contribution in [0, 0.1) is 5.92 Å². The molecule has 1 aromatic heterocycles. The number of hydrogen-bond acceptors (Lipinski definition) is 5. The zero-order valence-corrected chi connectivity index (χ0v) is 9.73. The molecule has 1 heterocycles. The summed E-state index contributed by atoms with van der Waals surface area (Å²) in [5, 5.41) is 6.85. The molecule has 1 N–H and O–H groups in total. The van der Waals surface area contributed by atoms with E-state index in [2.05, 4.69) is 29.3 Å². The first kappa shape index (κ1) is 11.5. The van der Waals surface area contributed by atoms with Crippen molar-refractivity contribution in [2.45, 2.75) is 26.1 Å². The molecule has 0 fully saturated rings. The molecule has 14 heavy (non-hydrogen) atoms. The highest BCUT2D eigenvalue weighted by molar-refractivity contribution is 7.98. The lowest BCUT2D eigenvalue weighted by Gasteiger charge is -2.00. The number of nitrogens with zero attached hydrogens (tertiary/aromatic N) is 2. The molecule has 0 aliphatic heterocycles. The Hall–Kier alpha value is -0.550. The summed E-state index contributed by atoms with van der Waals surface area (Å²) in [5.41, 5.74) is 0. The molecule has 0 saturated carbocycles. The average Bonchev–Trinajstić information content (AvgIpc) is 2.53. The third-order valence-corrected chi connectivity index (χ3v) is 2.89. The Bertz CT molecular complexity index is 262. The molecule has 0 aliphatic rings. The van der Waals surface area contributed by atoms with Gasteiger partial charge < -0.3 is 9.84 Å². The molecule has 0 aromatic carbocycles. The van der Waals surface area contributed by atoms with E-state index in [0.29, 0.717) is 18.4 Å². The summed E-state index contributed by atoms with van der Waals surface area (Å²) in [4.78, 5) is 4.24. The number of nitrogens with one attached hydrogen (secondary N) is 1. The molecule has 0 aliphatic carbocycles. The van der Waals surface area contributed by atoms with Crippen LogP contribution in [-0.4, -0.2) is 22.9 Å². The summed E-state index contributed by atoms with van der Waals surface area (Å²) in [6, 6.07) is 0. The van der Waals surface area contributed by atoms with E-state index in [4.69, 9.17) is 4.52 Å². The fourth-order valence-corrected chi connectivity index (χ4v) is 1.85. The molecule has 80 valence electrons. The second-order valence-corrected chi connectivity index (χ2v) is 4.57. The molecule has 5 heteroatoms. The van der Waals surface area contributed by atoms with Crippen LogP contribution in [0.5, 0.6) is 0 Å². The van der Waals surface area contributed by atoms with Gasteiger partial charge >= 0.3 is 0 Å². The maximum absolute atomic E-state index is 5.03. The van der Waals surface area contributed by atoms with Crippen LogP contribution in [0.4, 0.5) is 0 Å². The van der Waals surface area contributed by atoms with Crippen LogP contribution in [0.25, 0.3) is 0 Å². The molecule has 0 bridgehead atoms. The standard InChI is InChI=1S/C9H17N3OS/c1-7(2)5-14-6-8-11-9(4-10-3)13-12-8/h7,10H,4-6H2,1-3H3. The molecule has 0 amide bonds. The van der Waals surface area contributed by atoms with Gasteiger partial charge in [0.05, 0.1) is 12.3 Å². The van der Waals surface area contributed by atoms with Gasteiger partial charge in [0.15, 0.2) is 5.82 Å². The Morgan fingerprint density at radius 2 is 2.29 bits per heavy atom. The van der Waals surface area contributed by atoms with E-state index in [0.717, 1.165) is 17.3 Å². The highest BCUT2D eigenvalue weighted by Gasteiger charge is 2.05. The zero-order chi connectivity index (χ0) is 10.4. The minimum atomic E-state index is 0.641. The summed E-state index contributed by atoms with van der Waals surface area (Å²) in [6.45, 7) is 5.05. The van der Waals surface area contributed by atoms with Gasteiger partial charge in [-0.05, 0) is 18.7 Å². The molecule has 4 nitrogen and oxygen atoms in total. The van der Waals surface area contributed by atoms with Crippen molar-refractivity contribution in [3.63, 3.8) is 0 Å². The van der Waals surface area contributed by atoms with E-state index >= 15 is 0 Å². The molecule has 0 radical (unpaired) electrons. The summed E-state index contributed by atoms with van der Waals surface area (Å²) in [5.74, 6) is 4.14. The smallest absolute Gasteiger partial charge is 0.240 e. The topological polar surface area (TPSA) is 51.0 Å². The Kier molecular flexibility index (Phi) is 4.97. The van der Waals surface area contributed by atoms with Crippen LogP contribution in [0.15, 0.2) is 4.52 Å². The van der Waals surface area contributed by atoms with Gasteiger partial charge in [-0.15, -0.1) is 0 Å². The van der Waals surface area contributed by atoms with E-state index in [1.54, 1.807) is 0 Å². The lowest BCUT2D eigenvalue weighted by atomic mass is 10.3. The van der Waals surface area contributed by atoms with Gasteiger partial charge in [0.2, 0.25) is 5.89 Å². The van der Waals surface area contributed by atoms with E-state index in [1.807, 2.05) is 18.8 Å². The highest BCUT2D eigenvalue weighted by atomic mass is 32.2. The Morgan fingerprint density at radius 3 is 2.93 bits per heavy atom. The van der Waals surface area contributed by atoms with Crippen LogP contribution in [0.2, 0.25) is 0 Å². The van der Waals surface area contributed by atoms with Crippen molar-refractivity contribution in [3.05, 3.63) is 11.7 Å². The van der Waals surface area contributed by atoms with Gasteiger partial charge in [0.25, 0.3) is 0 Å². The van der Waals surface area contributed by atoms with Crippen molar-refractivity contribution in [3.8, 4) is 0 Å². The van der Waals surface area contributed by atoms with Gasteiger partial charge in [-0.1, -0.05) is 19.0 Å². The van der Waals surface area contributed by atoms with Crippen molar-refractivity contribution in [2.24, 2.45) is 5.92 Å². The molecular weight excluding hydrogens is 198 g/mol. The minimum absolute atomic E-state index is 0.641. The SMILES string of the molecule is CNCc1nc(CSCC(C)C)no1. The molecule has 0 unspecified atom stereocenters. The van der Waals surface area contributed by atoms with Gasteiger partial charge in [-0.3, -0.25) is 0 Å². The predicted octanol–water partition coefficient (Wildman–Crippen LogP) is 1.68. The second kappa shape index (κ2) is 6.03. The fourth-order valence-electron chi connectivity index (χ4n) is 0.958. The summed E-state index contributed by atoms with van der Waals surface area (Å²) in [6.07, 6.45) is 0. The van der Waals surface area contributed by atoms with Crippen molar-refractivity contribution >= 4 is 11.8 Å². The molecule has 1 aromatic rings. The van der Waals surface area contributed by atoms with E-state index in [1.165, 1.54) is 0 Å². The maximum Gasteiger partial charge on any atom is 0.240 e. The van der Waals surface area contributed by atoms with Crippen LogP contribution in [-0.2, 0) is 12.3 Å². The van der Waals surface area contributed by atoms with Crippen LogP contribution < -0.4 is 5.32 Å². The molecular formula is C9H17N3OS. The third kappa shape index (κ3) is 4.11. The van der Waals surface area contributed by atoms with E-state index in [-0.39, 0.29) is 0 Å². The van der Waals surface area contributed by atoms with Gasteiger partial charge in [-0.25, -0.2) is 0 Å². The van der Waals surface area contributed by atoms with Crippen molar-refractivity contribution in [1.82, 2.24) is 15.5 Å². The lowest BCUT2D eigenvalue weighted by Crippen LogP contribution is -2.05. The quantitative estimate of drug-likeness (QED) is 0.782. The summed E-state index contributed by atoms with van der Waals surface area (Å²) in [7, 11) is 1.86. The van der Waals surface area contributed by atoms with Crippen molar-refractivity contribution in [2.75, 3.05) is 12.8 Å². The first-order valence-electron chi connectivity index (χ1n) is 4.76. The Morgan fingerprint density at radius 1 is 1.50 bits per heavy atom. The Labute approximate surface area is 88.8 Å². The normalized spacial score (nSPS) is 11.1. The minimum Gasteiger partial charge on any atom is -0.338 e. The van der Waals surface area contributed by atoms with Crippen LogP contribution >= 0.6 is 11.8 Å². The van der Waals surface area contributed by atoms with Crippen LogP contribution in [0.1, 0.15) is 25.6 Å². The number of aromatic nitrogens is 2. The van der Waals surface area contributed by atoms with E-state index in [9.17, 15) is 0 Å². The zero-order valence-electron chi connectivity index (χ0n) is 8.91. The number of thioether (sulfide) groups is 1. The second-order valence-electron chi connectivity index (χ2n) is 3.54. The average molecular weight is 215 g/mol.